The largest absolute Gasteiger partial charge is 0.397 e. The molecule has 0 bridgehead atoms. The SMILES string of the molecule is CCC(=O)N1CCCC[C@@H]1c1ccc2c(N)c(C(=O)N(C)C)sc2n1. The molecule has 1 aliphatic heterocycles. The number of nitrogens with two attached hydrogens (primary N) is 1. The summed E-state index contributed by atoms with van der Waals surface area (Å²) in [6, 6.07) is 3.89. The van der Waals surface area contributed by atoms with E-state index < -0.39 is 0 Å². The van der Waals surface area contributed by atoms with E-state index in [0.29, 0.717) is 17.0 Å². The van der Waals surface area contributed by atoms with Gasteiger partial charge >= 0.3 is 0 Å². The number of likely N-dealkylation sites (tertiary alicyclic amines) is 1. The van der Waals surface area contributed by atoms with Gasteiger partial charge in [-0.15, -0.1) is 11.3 Å². The van der Waals surface area contributed by atoms with Gasteiger partial charge < -0.3 is 15.5 Å². The predicted molar refractivity (Wildman–Crippen MR) is 101 cm³/mol. The van der Waals surface area contributed by atoms with E-state index in [1.165, 1.54) is 16.2 Å². The summed E-state index contributed by atoms with van der Waals surface area (Å²) >= 11 is 1.32. The number of carbonyl (C=O) groups is 2. The van der Waals surface area contributed by atoms with Crippen LogP contribution >= 0.6 is 11.3 Å². The molecule has 134 valence electrons. The highest BCUT2D eigenvalue weighted by Crippen LogP contribution is 2.36. The third kappa shape index (κ3) is 3.20. The molecule has 6 nitrogen and oxygen atoms in total. The molecule has 3 heterocycles. The lowest BCUT2D eigenvalue weighted by atomic mass is 9.98. The molecule has 0 saturated carbocycles. The average molecular weight is 360 g/mol. The first-order chi connectivity index (χ1) is 11.9. The van der Waals surface area contributed by atoms with Crippen molar-refractivity contribution in [1.82, 2.24) is 14.8 Å². The number of rotatable bonds is 3. The Morgan fingerprint density at radius 3 is 2.80 bits per heavy atom. The lowest BCUT2D eigenvalue weighted by molar-refractivity contribution is -0.134. The molecule has 0 aromatic carbocycles. The molecule has 2 N–H and O–H groups in total. The second-order valence-corrected chi connectivity index (χ2v) is 7.58. The van der Waals surface area contributed by atoms with Gasteiger partial charge in [0.2, 0.25) is 5.91 Å². The number of piperidine rings is 1. The van der Waals surface area contributed by atoms with Crippen molar-refractivity contribution in [3.63, 3.8) is 0 Å². The zero-order valence-electron chi connectivity index (χ0n) is 14.9. The van der Waals surface area contributed by atoms with Crippen LogP contribution in [-0.2, 0) is 4.79 Å². The molecule has 0 aliphatic carbocycles. The summed E-state index contributed by atoms with van der Waals surface area (Å²) in [4.78, 5) is 34.1. The highest BCUT2D eigenvalue weighted by atomic mass is 32.1. The molecule has 2 aromatic rings. The average Bonchev–Trinajstić information content (AvgIpc) is 2.96. The van der Waals surface area contributed by atoms with Crippen LogP contribution < -0.4 is 5.73 Å². The maximum absolute atomic E-state index is 12.3. The van der Waals surface area contributed by atoms with E-state index >= 15 is 0 Å². The number of nitrogen functional groups attached to an aromatic ring is 1. The van der Waals surface area contributed by atoms with Crippen molar-refractivity contribution in [2.75, 3.05) is 26.4 Å². The van der Waals surface area contributed by atoms with Gasteiger partial charge in [0, 0.05) is 32.4 Å². The molecule has 2 aromatic heterocycles. The van der Waals surface area contributed by atoms with Crippen LogP contribution in [0.3, 0.4) is 0 Å². The number of fused-ring (bicyclic) bond motifs is 1. The van der Waals surface area contributed by atoms with Gasteiger partial charge in [-0.2, -0.15) is 0 Å². The molecule has 0 radical (unpaired) electrons. The minimum Gasteiger partial charge on any atom is -0.397 e. The van der Waals surface area contributed by atoms with Gasteiger partial charge in [0.25, 0.3) is 5.91 Å². The fourth-order valence-corrected chi connectivity index (χ4v) is 4.42. The molecule has 1 saturated heterocycles. The van der Waals surface area contributed by atoms with Crippen LogP contribution in [0.1, 0.15) is 54.0 Å². The Balaban J connectivity index is 2.00. The van der Waals surface area contributed by atoms with E-state index in [-0.39, 0.29) is 17.9 Å². The van der Waals surface area contributed by atoms with E-state index in [2.05, 4.69) is 0 Å². The molecule has 2 amide bonds. The Morgan fingerprint density at radius 2 is 2.12 bits per heavy atom. The second-order valence-electron chi connectivity index (χ2n) is 6.59. The molecule has 7 heteroatoms. The normalized spacial score (nSPS) is 17.7. The Morgan fingerprint density at radius 1 is 1.36 bits per heavy atom. The minimum atomic E-state index is -0.109. The summed E-state index contributed by atoms with van der Waals surface area (Å²) in [6.07, 6.45) is 3.56. The van der Waals surface area contributed by atoms with E-state index in [0.717, 1.165) is 41.7 Å². The maximum Gasteiger partial charge on any atom is 0.265 e. The predicted octanol–water partition coefficient (Wildman–Crippen LogP) is 3.04. The quantitative estimate of drug-likeness (QED) is 0.912. The maximum atomic E-state index is 12.3. The number of pyridine rings is 1. The van der Waals surface area contributed by atoms with Crippen molar-refractivity contribution < 1.29 is 9.59 Å². The fourth-order valence-electron chi connectivity index (χ4n) is 3.30. The van der Waals surface area contributed by atoms with Crippen LogP contribution in [0.15, 0.2) is 12.1 Å². The van der Waals surface area contributed by atoms with E-state index in [1.54, 1.807) is 14.1 Å². The highest BCUT2D eigenvalue weighted by molar-refractivity contribution is 7.21. The van der Waals surface area contributed by atoms with Crippen LogP contribution in [-0.4, -0.2) is 47.2 Å². The van der Waals surface area contributed by atoms with E-state index in [1.807, 2.05) is 24.0 Å². The van der Waals surface area contributed by atoms with Gasteiger partial charge in [-0.3, -0.25) is 9.59 Å². The highest BCUT2D eigenvalue weighted by Gasteiger charge is 2.28. The number of amides is 2. The number of aromatic nitrogens is 1. The van der Waals surface area contributed by atoms with E-state index in [9.17, 15) is 9.59 Å². The van der Waals surface area contributed by atoms with Crippen LogP contribution in [0.2, 0.25) is 0 Å². The molecule has 1 aliphatic rings. The van der Waals surface area contributed by atoms with Crippen LogP contribution in [0, 0.1) is 0 Å². The van der Waals surface area contributed by atoms with E-state index in [4.69, 9.17) is 10.7 Å². The van der Waals surface area contributed by atoms with Crippen molar-refractivity contribution in [2.24, 2.45) is 0 Å². The third-order valence-corrected chi connectivity index (χ3v) is 5.79. The Bertz CT molecular complexity index is 815. The van der Waals surface area contributed by atoms with Gasteiger partial charge in [-0.05, 0) is 31.4 Å². The van der Waals surface area contributed by atoms with Crippen molar-refractivity contribution in [3.8, 4) is 0 Å². The molecule has 25 heavy (non-hydrogen) atoms. The summed E-state index contributed by atoms with van der Waals surface area (Å²) in [5.41, 5.74) is 7.54. The topological polar surface area (TPSA) is 79.5 Å². The number of thiophene rings is 1. The molecule has 1 atom stereocenters. The van der Waals surface area contributed by atoms with Gasteiger partial charge in [-0.25, -0.2) is 4.98 Å². The summed E-state index contributed by atoms with van der Waals surface area (Å²) in [5, 5.41) is 0.808. The van der Waals surface area contributed by atoms with Gasteiger partial charge in [0.05, 0.1) is 17.4 Å². The monoisotopic (exact) mass is 360 g/mol. The summed E-state index contributed by atoms with van der Waals surface area (Å²) in [6.45, 7) is 2.68. The van der Waals surface area contributed by atoms with Crippen LogP contribution in [0.4, 0.5) is 5.69 Å². The first-order valence-electron chi connectivity index (χ1n) is 8.64. The van der Waals surface area contributed by atoms with Crippen LogP contribution in [0.5, 0.6) is 0 Å². The molecule has 1 fully saturated rings. The molecule has 3 rings (SSSR count). The first kappa shape index (κ1) is 17.7. The Labute approximate surface area is 151 Å². The molecular weight excluding hydrogens is 336 g/mol. The lowest BCUT2D eigenvalue weighted by Gasteiger charge is -2.35. The Kier molecular flexibility index (Phi) is 4.94. The number of nitrogens with zero attached hydrogens (tertiary/aromatic N) is 3. The van der Waals surface area contributed by atoms with Gasteiger partial charge in [-0.1, -0.05) is 6.92 Å². The zero-order valence-corrected chi connectivity index (χ0v) is 15.7. The second kappa shape index (κ2) is 7.00. The summed E-state index contributed by atoms with van der Waals surface area (Å²) in [5.74, 6) is 0.0586. The van der Waals surface area contributed by atoms with Crippen molar-refractivity contribution in [3.05, 3.63) is 22.7 Å². The number of hydrogen-bond acceptors (Lipinski definition) is 5. The standard InChI is InChI=1S/C18H24N4O2S/c1-4-14(23)22-10-6-5-7-13(22)12-9-8-11-15(19)16(18(24)21(2)3)25-17(11)20-12/h8-9,13H,4-7,10,19H2,1-3H3/t13-/m1/s1. The fraction of sp³-hybridized carbons (Fsp3) is 0.500. The first-order valence-corrected chi connectivity index (χ1v) is 9.45. The minimum absolute atomic E-state index is 0.0157. The summed E-state index contributed by atoms with van der Waals surface area (Å²) in [7, 11) is 3.42. The van der Waals surface area contributed by atoms with Gasteiger partial charge in [0.1, 0.15) is 9.71 Å². The number of hydrogen-bond donors (Lipinski definition) is 1. The third-order valence-electron chi connectivity index (χ3n) is 4.68. The number of anilines is 1. The Hall–Kier alpha value is -2.15. The molecular formula is C18H24N4O2S. The van der Waals surface area contributed by atoms with Gasteiger partial charge in [0.15, 0.2) is 0 Å². The smallest absolute Gasteiger partial charge is 0.265 e. The molecule has 0 spiro atoms. The van der Waals surface area contributed by atoms with Crippen molar-refractivity contribution in [1.29, 1.82) is 0 Å². The number of carbonyl (C=O) groups excluding carboxylic acids is 2. The van der Waals surface area contributed by atoms with Crippen LogP contribution in [0.25, 0.3) is 10.2 Å². The summed E-state index contributed by atoms with van der Waals surface area (Å²) < 4.78 is 0. The molecule has 0 unspecified atom stereocenters. The lowest BCUT2D eigenvalue weighted by Crippen LogP contribution is -2.38. The van der Waals surface area contributed by atoms with Crippen molar-refractivity contribution >= 4 is 39.1 Å². The van der Waals surface area contributed by atoms with Crippen molar-refractivity contribution in [2.45, 2.75) is 38.6 Å². The zero-order chi connectivity index (χ0) is 18.1.